The van der Waals surface area contributed by atoms with E-state index in [1.54, 1.807) is 0 Å². The molecule has 13 heavy (non-hydrogen) atoms. The van der Waals surface area contributed by atoms with Gasteiger partial charge in [0.2, 0.25) is 5.91 Å². The summed E-state index contributed by atoms with van der Waals surface area (Å²) in [5, 5.41) is 0. The van der Waals surface area contributed by atoms with E-state index < -0.39 is 0 Å². The number of amides is 1. The standard InChI is InChI=1S/C11H11NO/c12-11(13)10-7-3-5-8-4-1-2-6-9(8)10/h1-5,7,9H,6H2,(H2,12,13). The van der Waals surface area contributed by atoms with Crippen molar-refractivity contribution < 1.29 is 4.79 Å². The van der Waals surface area contributed by atoms with Crippen LogP contribution in [0.4, 0.5) is 0 Å². The van der Waals surface area contributed by atoms with E-state index in [0.29, 0.717) is 0 Å². The molecule has 0 aromatic rings. The zero-order valence-corrected chi connectivity index (χ0v) is 7.23. The van der Waals surface area contributed by atoms with Crippen molar-refractivity contribution in [3.05, 3.63) is 47.6 Å². The molecule has 2 nitrogen and oxygen atoms in total. The molecule has 2 N–H and O–H groups in total. The van der Waals surface area contributed by atoms with E-state index in [1.165, 1.54) is 5.57 Å². The van der Waals surface area contributed by atoms with Crippen LogP contribution in [0, 0.1) is 5.92 Å². The van der Waals surface area contributed by atoms with Crippen LogP contribution in [-0.2, 0) is 4.79 Å². The molecule has 1 atom stereocenters. The molecule has 2 rings (SSSR count). The number of fused-ring (bicyclic) bond motifs is 1. The van der Waals surface area contributed by atoms with Gasteiger partial charge in [-0.2, -0.15) is 0 Å². The van der Waals surface area contributed by atoms with Gasteiger partial charge in [-0.15, -0.1) is 0 Å². The predicted molar refractivity (Wildman–Crippen MR) is 51.7 cm³/mol. The van der Waals surface area contributed by atoms with Gasteiger partial charge in [0.05, 0.1) is 0 Å². The number of allylic oxidation sites excluding steroid dienone is 7. The van der Waals surface area contributed by atoms with Crippen LogP contribution in [0.5, 0.6) is 0 Å². The third-order valence-corrected chi connectivity index (χ3v) is 2.42. The van der Waals surface area contributed by atoms with Crippen LogP contribution in [0.1, 0.15) is 6.42 Å². The average Bonchev–Trinajstić information content (AvgIpc) is 2.17. The second-order valence-electron chi connectivity index (χ2n) is 3.23. The first-order valence-corrected chi connectivity index (χ1v) is 4.34. The third kappa shape index (κ3) is 1.35. The first kappa shape index (κ1) is 8.05. The van der Waals surface area contributed by atoms with Crippen molar-refractivity contribution in [1.29, 1.82) is 0 Å². The van der Waals surface area contributed by atoms with E-state index in [9.17, 15) is 4.79 Å². The van der Waals surface area contributed by atoms with Crippen LogP contribution in [0.15, 0.2) is 47.6 Å². The number of rotatable bonds is 1. The minimum absolute atomic E-state index is 0.187. The Morgan fingerprint density at radius 2 is 2.23 bits per heavy atom. The second kappa shape index (κ2) is 3.05. The molecule has 1 amide bonds. The summed E-state index contributed by atoms with van der Waals surface area (Å²) in [6.45, 7) is 0. The molecule has 66 valence electrons. The van der Waals surface area contributed by atoms with Crippen LogP contribution >= 0.6 is 0 Å². The highest BCUT2D eigenvalue weighted by atomic mass is 16.1. The molecule has 0 aromatic carbocycles. The van der Waals surface area contributed by atoms with Gasteiger partial charge in [0.1, 0.15) is 0 Å². The summed E-state index contributed by atoms with van der Waals surface area (Å²) in [6.07, 6.45) is 12.7. The van der Waals surface area contributed by atoms with E-state index >= 15 is 0 Å². The minimum Gasteiger partial charge on any atom is -0.366 e. The molecule has 0 radical (unpaired) electrons. The summed E-state index contributed by atoms with van der Waals surface area (Å²) in [5.74, 6) is -0.122. The van der Waals surface area contributed by atoms with Crippen molar-refractivity contribution in [2.75, 3.05) is 0 Å². The highest BCUT2D eigenvalue weighted by Gasteiger charge is 2.23. The largest absolute Gasteiger partial charge is 0.366 e. The lowest BCUT2D eigenvalue weighted by atomic mass is 9.82. The fourth-order valence-corrected chi connectivity index (χ4v) is 1.76. The van der Waals surface area contributed by atoms with Gasteiger partial charge in [0.15, 0.2) is 0 Å². The molecule has 1 unspecified atom stereocenters. The van der Waals surface area contributed by atoms with E-state index in [-0.39, 0.29) is 11.8 Å². The molecule has 0 bridgehead atoms. The van der Waals surface area contributed by atoms with Gasteiger partial charge in [-0.1, -0.05) is 36.5 Å². The molecule has 2 aliphatic rings. The van der Waals surface area contributed by atoms with Crippen LogP contribution in [-0.4, -0.2) is 5.91 Å². The fraction of sp³-hybridized carbons (Fsp3) is 0.182. The molecule has 2 heteroatoms. The number of carbonyl (C=O) groups is 1. The lowest BCUT2D eigenvalue weighted by Crippen LogP contribution is -2.23. The Bertz CT molecular complexity index is 358. The normalized spacial score (nSPS) is 24.8. The van der Waals surface area contributed by atoms with Crippen molar-refractivity contribution in [2.45, 2.75) is 6.42 Å². The van der Waals surface area contributed by atoms with E-state index in [4.69, 9.17) is 5.73 Å². The second-order valence-corrected chi connectivity index (χ2v) is 3.23. The zero-order valence-electron chi connectivity index (χ0n) is 7.23. The maximum atomic E-state index is 11.1. The summed E-state index contributed by atoms with van der Waals surface area (Å²) in [5.41, 5.74) is 7.18. The van der Waals surface area contributed by atoms with Gasteiger partial charge < -0.3 is 5.73 Å². The van der Waals surface area contributed by atoms with Crippen molar-refractivity contribution in [3.63, 3.8) is 0 Å². The van der Waals surface area contributed by atoms with Crippen molar-refractivity contribution in [3.8, 4) is 0 Å². The van der Waals surface area contributed by atoms with Crippen LogP contribution in [0.2, 0.25) is 0 Å². The van der Waals surface area contributed by atoms with E-state index in [2.05, 4.69) is 6.08 Å². The lowest BCUT2D eigenvalue weighted by Gasteiger charge is -2.22. The minimum atomic E-state index is -0.310. The number of hydrogen-bond acceptors (Lipinski definition) is 1. The maximum absolute atomic E-state index is 11.1. The highest BCUT2D eigenvalue weighted by molar-refractivity contribution is 5.94. The van der Waals surface area contributed by atoms with Gasteiger partial charge in [0, 0.05) is 11.5 Å². The maximum Gasteiger partial charge on any atom is 0.245 e. The summed E-state index contributed by atoms with van der Waals surface area (Å²) in [6, 6.07) is 0. The fourth-order valence-electron chi connectivity index (χ4n) is 1.76. The Morgan fingerprint density at radius 1 is 1.38 bits per heavy atom. The molecular formula is C11H11NO. The molecule has 0 saturated carbocycles. The quantitative estimate of drug-likeness (QED) is 0.641. The first-order chi connectivity index (χ1) is 6.29. The summed E-state index contributed by atoms with van der Waals surface area (Å²) in [7, 11) is 0. The Morgan fingerprint density at radius 3 is 3.00 bits per heavy atom. The molecule has 0 fully saturated rings. The Kier molecular flexibility index (Phi) is 1.89. The van der Waals surface area contributed by atoms with Gasteiger partial charge in [0.25, 0.3) is 0 Å². The number of hydrogen-bond donors (Lipinski definition) is 1. The Hall–Kier alpha value is -1.57. The molecule has 0 heterocycles. The Labute approximate surface area is 77.1 Å². The summed E-state index contributed by atoms with van der Waals surface area (Å²) in [4.78, 5) is 11.1. The monoisotopic (exact) mass is 173 g/mol. The van der Waals surface area contributed by atoms with Crippen molar-refractivity contribution in [1.82, 2.24) is 0 Å². The van der Waals surface area contributed by atoms with Gasteiger partial charge in [-0.3, -0.25) is 4.79 Å². The topological polar surface area (TPSA) is 43.1 Å². The predicted octanol–water partition coefficient (Wildman–Crippen LogP) is 1.47. The highest BCUT2D eigenvalue weighted by Crippen LogP contribution is 2.31. The van der Waals surface area contributed by atoms with E-state index in [1.807, 2.05) is 30.4 Å². The van der Waals surface area contributed by atoms with Gasteiger partial charge in [-0.25, -0.2) is 0 Å². The SMILES string of the molecule is NC(=O)C1=CC=CC2=CC=CCC21. The van der Waals surface area contributed by atoms with Crippen molar-refractivity contribution >= 4 is 5.91 Å². The molecule has 0 aromatic heterocycles. The summed E-state index contributed by atoms with van der Waals surface area (Å²) < 4.78 is 0. The zero-order chi connectivity index (χ0) is 9.26. The molecular weight excluding hydrogens is 162 g/mol. The van der Waals surface area contributed by atoms with Gasteiger partial charge in [-0.05, 0) is 12.0 Å². The molecule has 2 aliphatic carbocycles. The lowest BCUT2D eigenvalue weighted by molar-refractivity contribution is -0.115. The van der Waals surface area contributed by atoms with Gasteiger partial charge >= 0.3 is 0 Å². The smallest absolute Gasteiger partial charge is 0.245 e. The molecule has 0 aliphatic heterocycles. The third-order valence-electron chi connectivity index (χ3n) is 2.42. The summed E-state index contributed by atoms with van der Waals surface area (Å²) >= 11 is 0. The first-order valence-electron chi connectivity index (χ1n) is 4.34. The van der Waals surface area contributed by atoms with Crippen LogP contribution < -0.4 is 5.73 Å². The Balaban J connectivity index is 2.37. The number of primary amides is 1. The molecule has 0 spiro atoms. The average molecular weight is 173 g/mol. The van der Waals surface area contributed by atoms with E-state index in [0.717, 1.165) is 12.0 Å². The number of nitrogens with two attached hydrogens (primary N) is 1. The van der Waals surface area contributed by atoms with Crippen molar-refractivity contribution in [2.24, 2.45) is 11.7 Å². The van der Waals surface area contributed by atoms with Crippen LogP contribution in [0.25, 0.3) is 0 Å². The van der Waals surface area contributed by atoms with Crippen LogP contribution in [0.3, 0.4) is 0 Å². The molecule has 0 saturated heterocycles. The number of carbonyl (C=O) groups excluding carboxylic acids is 1.